The molecular formula is C18H24FN3O3. The first-order chi connectivity index (χ1) is 11.8. The van der Waals surface area contributed by atoms with Crippen molar-refractivity contribution in [3.8, 4) is 5.75 Å². The van der Waals surface area contributed by atoms with Crippen LogP contribution in [0.25, 0.3) is 0 Å². The molecule has 1 atom stereocenters. The summed E-state index contributed by atoms with van der Waals surface area (Å²) in [6, 6.07) is 7.67. The number of hydrogen-bond acceptors (Lipinski definition) is 4. The molecule has 6 nitrogen and oxygen atoms in total. The van der Waals surface area contributed by atoms with Gasteiger partial charge < -0.3 is 25.3 Å². The zero-order valence-corrected chi connectivity index (χ0v) is 14.6. The topological polar surface area (TPSA) is 90.0 Å². The van der Waals surface area contributed by atoms with Crippen molar-refractivity contribution in [2.45, 2.75) is 32.9 Å². The zero-order chi connectivity index (χ0) is 18.4. The Bertz CT molecular complexity index is 741. The SMILES string of the molecule is CCNC(=NCc1ccc(O)c(F)c1)NCC(C)(O)c1ccc(C)o1. The van der Waals surface area contributed by atoms with E-state index in [1.54, 1.807) is 25.1 Å². The third-order valence-electron chi connectivity index (χ3n) is 3.65. The fourth-order valence-electron chi connectivity index (χ4n) is 2.23. The molecule has 0 spiro atoms. The Morgan fingerprint density at radius 2 is 2.04 bits per heavy atom. The lowest BCUT2D eigenvalue weighted by Gasteiger charge is -2.22. The third-order valence-corrected chi connectivity index (χ3v) is 3.65. The minimum absolute atomic E-state index is 0.190. The van der Waals surface area contributed by atoms with Gasteiger partial charge in [0.1, 0.15) is 17.1 Å². The van der Waals surface area contributed by atoms with Crippen LogP contribution in [0.4, 0.5) is 4.39 Å². The Hall–Kier alpha value is -2.54. The molecule has 0 aliphatic carbocycles. The van der Waals surface area contributed by atoms with Crippen LogP contribution in [-0.2, 0) is 12.1 Å². The second kappa shape index (κ2) is 8.02. The van der Waals surface area contributed by atoms with Crippen LogP contribution in [0.1, 0.15) is 30.9 Å². The number of aromatic hydroxyl groups is 1. The van der Waals surface area contributed by atoms with E-state index in [2.05, 4.69) is 15.6 Å². The highest BCUT2D eigenvalue weighted by Gasteiger charge is 2.27. The molecule has 0 saturated carbocycles. The molecular weight excluding hydrogens is 325 g/mol. The summed E-state index contributed by atoms with van der Waals surface area (Å²) in [6.45, 7) is 6.44. The molecule has 1 aromatic heterocycles. The number of aryl methyl sites for hydroxylation is 1. The van der Waals surface area contributed by atoms with E-state index in [4.69, 9.17) is 4.42 Å². The van der Waals surface area contributed by atoms with Crippen LogP contribution in [0.15, 0.2) is 39.7 Å². The summed E-state index contributed by atoms with van der Waals surface area (Å²) in [7, 11) is 0. The van der Waals surface area contributed by atoms with Crippen LogP contribution in [0.3, 0.4) is 0 Å². The van der Waals surface area contributed by atoms with Crippen molar-refractivity contribution in [3.63, 3.8) is 0 Å². The number of benzene rings is 1. The van der Waals surface area contributed by atoms with Crippen molar-refractivity contribution in [1.82, 2.24) is 10.6 Å². The lowest BCUT2D eigenvalue weighted by Crippen LogP contribution is -2.44. The quantitative estimate of drug-likeness (QED) is 0.475. The molecule has 0 aliphatic heterocycles. The zero-order valence-electron chi connectivity index (χ0n) is 14.6. The van der Waals surface area contributed by atoms with Crippen LogP contribution < -0.4 is 10.6 Å². The van der Waals surface area contributed by atoms with Crippen LogP contribution in [0.2, 0.25) is 0 Å². The number of halogens is 1. The Morgan fingerprint density at radius 1 is 1.28 bits per heavy atom. The van der Waals surface area contributed by atoms with E-state index in [1.165, 1.54) is 12.1 Å². The molecule has 25 heavy (non-hydrogen) atoms. The first-order valence-electron chi connectivity index (χ1n) is 8.10. The average Bonchev–Trinajstić information content (AvgIpc) is 3.01. The summed E-state index contributed by atoms with van der Waals surface area (Å²) >= 11 is 0. The number of hydrogen-bond donors (Lipinski definition) is 4. The highest BCUT2D eigenvalue weighted by molar-refractivity contribution is 5.79. The molecule has 0 bridgehead atoms. The van der Waals surface area contributed by atoms with Crippen LogP contribution in [-0.4, -0.2) is 29.3 Å². The molecule has 4 N–H and O–H groups in total. The number of aliphatic hydroxyl groups is 1. The van der Waals surface area contributed by atoms with Crippen LogP contribution >= 0.6 is 0 Å². The van der Waals surface area contributed by atoms with Crippen LogP contribution in [0.5, 0.6) is 5.75 Å². The second-order valence-electron chi connectivity index (χ2n) is 6.02. The van der Waals surface area contributed by atoms with E-state index in [0.717, 1.165) is 5.76 Å². The minimum Gasteiger partial charge on any atom is -0.505 e. The highest BCUT2D eigenvalue weighted by Crippen LogP contribution is 2.22. The Labute approximate surface area is 146 Å². The van der Waals surface area contributed by atoms with Gasteiger partial charge in [-0.2, -0.15) is 0 Å². The van der Waals surface area contributed by atoms with Crippen molar-refractivity contribution in [3.05, 3.63) is 53.2 Å². The fourth-order valence-corrected chi connectivity index (χ4v) is 2.23. The number of rotatable bonds is 6. The van der Waals surface area contributed by atoms with Gasteiger partial charge in [0.05, 0.1) is 13.1 Å². The number of aliphatic imine (C=N–C) groups is 1. The Balaban J connectivity index is 2.03. The monoisotopic (exact) mass is 349 g/mol. The molecule has 0 fully saturated rings. The smallest absolute Gasteiger partial charge is 0.191 e. The maximum Gasteiger partial charge on any atom is 0.191 e. The second-order valence-corrected chi connectivity index (χ2v) is 6.02. The maximum atomic E-state index is 13.4. The Kier molecular flexibility index (Phi) is 6.03. The van der Waals surface area contributed by atoms with Crippen molar-refractivity contribution in [2.75, 3.05) is 13.1 Å². The van der Waals surface area contributed by atoms with Crippen molar-refractivity contribution in [2.24, 2.45) is 4.99 Å². The molecule has 0 amide bonds. The van der Waals surface area contributed by atoms with Crippen LogP contribution in [0, 0.1) is 12.7 Å². The average molecular weight is 349 g/mol. The van der Waals surface area contributed by atoms with E-state index in [0.29, 0.717) is 23.8 Å². The lowest BCUT2D eigenvalue weighted by molar-refractivity contribution is 0.0378. The predicted molar refractivity (Wildman–Crippen MR) is 93.9 cm³/mol. The number of guanidine groups is 1. The van der Waals surface area contributed by atoms with Crippen molar-refractivity contribution in [1.29, 1.82) is 0 Å². The number of nitrogens with zero attached hydrogens (tertiary/aromatic N) is 1. The van der Waals surface area contributed by atoms with Crippen molar-refractivity contribution >= 4 is 5.96 Å². The van der Waals surface area contributed by atoms with Gasteiger partial charge >= 0.3 is 0 Å². The number of furan rings is 1. The van der Waals surface area contributed by atoms with Gasteiger partial charge in [0, 0.05) is 6.54 Å². The maximum absolute atomic E-state index is 13.4. The molecule has 1 heterocycles. The van der Waals surface area contributed by atoms with Gasteiger partial charge in [-0.3, -0.25) is 0 Å². The molecule has 0 saturated heterocycles. The van der Waals surface area contributed by atoms with Gasteiger partial charge in [0.15, 0.2) is 17.5 Å². The van der Waals surface area contributed by atoms with E-state index < -0.39 is 11.4 Å². The normalized spacial score (nSPS) is 14.2. The molecule has 7 heteroatoms. The molecule has 2 aromatic rings. The molecule has 0 radical (unpaired) electrons. The predicted octanol–water partition coefficient (Wildman–Crippen LogP) is 2.40. The third kappa shape index (κ3) is 5.22. The lowest BCUT2D eigenvalue weighted by atomic mass is 10.0. The minimum atomic E-state index is -1.20. The fraction of sp³-hybridized carbons (Fsp3) is 0.389. The summed E-state index contributed by atoms with van der Waals surface area (Å²) in [5.41, 5.74) is -0.573. The van der Waals surface area contributed by atoms with E-state index in [1.807, 2.05) is 13.8 Å². The molecule has 1 unspecified atom stereocenters. The van der Waals surface area contributed by atoms with Gasteiger partial charge in [0.2, 0.25) is 0 Å². The number of phenols is 1. The largest absolute Gasteiger partial charge is 0.505 e. The number of phenolic OH excluding ortho intramolecular Hbond substituents is 1. The van der Waals surface area contributed by atoms with E-state index in [-0.39, 0.29) is 18.8 Å². The first-order valence-corrected chi connectivity index (χ1v) is 8.10. The first kappa shape index (κ1) is 18.8. The summed E-state index contributed by atoms with van der Waals surface area (Å²) < 4.78 is 18.9. The highest BCUT2D eigenvalue weighted by atomic mass is 19.1. The van der Waals surface area contributed by atoms with Gasteiger partial charge in [-0.05, 0) is 50.6 Å². The summed E-state index contributed by atoms with van der Waals surface area (Å²) in [4.78, 5) is 4.36. The summed E-state index contributed by atoms with van der Waals surface area (Å²) in [5, 5.41) is 25.9. The van der Waals surface area contributed by atoms with E-state index in [9.17, 15) is 14.6 Å². The number of nitrogens with one attached hydrogen (secondary N) is 2. The van der Waals surface area contributed by atoms with Gasteiger partial charge in [-0.15, -0.1) is 0 Å². The molecule has 136 valence electrons. The summed E-state index contributed by atoms with van der Waals surface area (Å²) in [6.07, 6.45) is 0. The standard InChI is InChI=1S/C18H24FN3O3/c1-4-20-17(21-10-13-6-7-15(23)14(19)9-13)22-11-18(3,24)16-8-5-12(2)25-16/h5-9,23-24H,4,10-11H2,1-3H3,(H2,20,21,22). The molecule has 0 aliphatic rings. The van der Waals surface area contributed by atoms with Gasteiger partial charge in [-0.25, -0.2) is 9.38 Å². The summed E-state index contributed by atoms with van der Waals surface area (Å²) in [5.74, 6) is 0.614. The molecule has 1 aromatic carbocycles. The van der Waals surface area contributed by atoms with E-state index >= 15 is 0 Å². The van der Waals surface area contributed by atoms with Crippen molar-refractivity contribution < 1.29 is 19.0 Å². The molecule has 2 rings (SSSR count). The van der Waals surface area contributed by atoms with Gasteiger partial charge in [-0.1, -0.05) is 6.07 Å². The Morgan fingerprint density at radius 3 is 2.64 bits per heavy atom. The van der Waals surface area contributed by atoms with Gasteiger partial charge in [0.25, 0.3) is 0 Å².